The van der Waals surface area contributed by atoms with Gasteiger partial charge in [-0.25, -0.2) is 0 Å². The van der Waals surface area contributed by atoms with Gasteiger partial charge in [0.1, 0.15) is 0 Å². The molecule has 0 aromatic heterocycles. The molecule has 2 unspecified atom stereocenters. The first-order valence-corrected chi connectivity index (χ1v) is 8.72. The lowest BCUT2D eigenvalue weighted by atomic mass is 9.67. The molecule has 1 heterocycles. The van der Waals surface area contributed by atoms with E-state index in [2.05, 4.69) is 24.1 Å². The van der Waals surface area contributed by atoms with Gasteiger partial charge in [-0.3, -0.25) is 9.69 Å². The number of amides is 1. The molecule has 0 aromatic rings. The van der Waals surface area contributed by atoms with Crippen LogP contribution in [0.3, 0.4) is 0 Å². The van der Waals surface area contributed by atoms with Gasteiger partial charge in [0.05, 0.1) is 19.3 Å². The predicted molar refractivity (Wildman–Crippen MR) is 86.6 cm³/mol. The maximum Gasteiger partial charge on any atom is 0.220 e. The Morgan fingerprint density at radius 1 is 1.36 bits per heavy atom. The van der Waals surface area contributed by atoms with E-state index in [-0.39, 0.29) is 11.3 Å². The molecule has 5 nitrogen and oxygen atoms in total. The number of aliphatic hydroxyl groups is 1. The van der Waals surface area contributed by atoms with Gasteiger partial charge in [-0.15, -0.1) is 0 Å². The second-order valence-corrected chi connectivity index (χ2v) is 7.51. The lowest BCUT2D eigenvalue weighted by Gasteiger charge is -2.38. The zero-order valence-electron chi connectivity index (χ0n) is 14.1. The van der Waals surface area contributed by atoms with Crippen LogP contribution in [0, 0.1) is 11.3 Å². The number of carbonyl (C=O) groups is 1. The average Bonchev–Trinajstić information content (AvgIpc) is 2.48. The molecule has 2 aliphatic rings. The Balaban J connectivity index is 1.66. The summed E-state index contributed by atoms with van der Waals surface area (Å²) in [5.74, 6) is 0.554. The minimum absolute atomic E-state index is 0.0843. The van der Waals surface area contributed by atoms with Gasteiger partial charge in [0.15, 0.2) is 0 Å². The highest BCUT2D eigenvalue weighted by Gasteiger charge is 2.33. The van der Waals surface area contributed by atoms with Crippen molar-refractivity contribution in [2.45, 2.75) is 52.1 Å². The topological polar surface area (TPSA) is 61.8 Å². The Hall–Kier alpha value is -0.650. The fourth-order valence-corrected chi connectivity index (χ4v) is 3.62. The van der Waals surface area contributed by atoms with Gasteiger partial charge in [0, 0.05) is 32.6 Å². The third-order valence-electron chi connectivity index (χ3n) is 5.27. The van der Waals surface area contributed by atoms with Gasteiger partial charge in [0.2, 0.25) is 5.91 Å². The van der Waals surface area contributed by atoms with Crippen LogP contribution in [0.2, 0.25) is 0 Å². The molecule has 1 aliphatic carbocycles. The van der Waals surface area contributed by atoms with Gasteiger partial charge in [-0.2, -0.15) is 0 Å². The van der Waals surface area contributed by atoms with Gasteiger partial charge < -0.3 is 15.2 Å². The number of ether oxygens (including phenoxy) is 1. The van der Waals surface area contributed by atoms with Crippen molar-refractivity contribution in [3.05, 3.63) is 0 Å². The molecule has 1 aliphatic heterocycles. The number of aliphatic hydroxyl groups excluding tert-OH is 1. The number of nitrogens with zero attached hydrogens (tertiary/aromatic N) is 1. The Bertz CT molecular complexity index is 354. The first-order valence-electron chi connectivity index (χ1n) is 8.72. The molecular weight excluding hydrogens is 280 g/mol. The van der Waals surface area contributed by atoms with Crippen molar-refractivity contribution in [1.29, 1.82) is 0 Å². The van der Waals surface area contributed by atoms with Gasteiger partial charge >= 0.3 is 0 Å². The van der Waals surface area contributed by atoms with Crippen molar-refractivity contribution in [2.24, 2.45) is 11.3 Å². The first kappa shape index (κ1) is 17.7. The summed E-state index contributed by atoms with van der Waals surface area (Å²) < 4.78 is 5.29. The van der Waals surface area contributed by atoms with Crippen molar-refractivity contribution in [3.8, 4) is 0 Å². The van der Waals surface area contributed by atoms with Crippen LogP contribution in [0.15, 0.2) is 0 Å². The molecule has 1 saturated carbocycles. The standard InChI is InChI=1S/C17H32N2O3/c1-17(2)6-4-3-5-14(17)11-16(21)18-12-15(20)13-19-7-9-22-10-8-19/h14-15,20H,3-13H2,1-2H3,(H,18,21). The fourth-order valence-electron chi connectivity index (χ4n) is 3.62. The lowest BCUT2D eigenvalue weighted by molar-refractivity contribution is -0.124. The number of nitrogens with one attached hydrogen (secondary N) is 1. The summed E-state index contributed by atoms with van der Waals surface area (Å²) in [5, 5.41) is 13.0. The minimum atomic E-state index is -0.499. The van der Waals surface area contributed by atoms with Gasteiger partial charge in [-0.05, 0) is 24.2 Å². The number of β-amino-alcohol motifs (C(OH)–C–C–N with tert-alkyl or cyclic N) is 1. The molecule has 1 saturated heterocycles. The molecule has 5 heteroatoms. The Morgan fingerprint density at radius 3 is 2.77 bits per heavy atom. The number of hydrogen-bond acceptors (Lipinski definition) is 4. The largest absolute Gasteiger partial charge is 0.390 e. The highest BCUT2D eigenvalue weighted by Crippen LogP contribution is 2.42. The van der Waals surface area contributed by atoms with Crippen LogP contribution in [-0.4, -0.2) is 61.4 Å². The van der Waals surface area contributed by atoms with Crippen molar-refractivity contribution < 1.29 is 14.6 Å². The van der Waals surface area contributed by atoms with Crippen LogP contribution in [-0.2, 0) is 9.53 Å². The van der Waals surface area contributed by atoms with Crippen LogP contribution < -0.4 is 5.32 Å². The summed E-state index contributed by atoms with van der Waals surface area (Å²) in [6, 6.07) is 0. The summed E-state index contributed by atoms with van der Waals surface area (Å²) >= 11 is 0. The van der Waals surface area contributed by atoms with Crippen LogP contribution in [0.5, 0.6) is 0 Å². The highest BCUT2D eigenvalue weighted by atomic mass is 16.5. The number of morpholine rings is 1. The second-order valence-electron chi connectivity index (χ2n) is 7.51. The quantitative estimate of drug-likeness (QED) is 0.778. The molecule has 0 aromatic carbocycles. The zero-order valence-corrected chi connectivity index (χ0v) is 14.1. The summed E-state index contributed by atoms with van der Waals surface area (Å²) in [5.41, 5.74) is 0.266. The molecular formula is C17H32N2O3. The molecule has 22 heavy (non-hydrogen) atoms. The highest BCUT2D eigenvalue weighted by molar-refractivity contribution is 5.76. The third kappa shape index (κ3) is 5.52. The fraction of sp³-hybridized carbons (Fsp3) is 0.941. The molecule has 2 atom stereocenters. The molecule has 2 rings (SSSR count). The van der Waals surface area contributed by atoms with Gasteiger partial charge in [0.25, 0.3) is 0 Å². The van der Waals surface area contributed by atoms with Crippen LogP contribution in [0.25, 0.3) is 0 Å². The van der Waals surface area contributed by atoms with E-state index in [1.165, 1.54) is 19.3 Å². The van der Waals surface area contributed by atoms with E-state index in [4.69, 9.17) is 4.74 Å². The predicted octanol–water partition coefficient (Wildman–Crippen LogP) is 1.40. The molecule has 0 radical (unpaired) electrons. The van der Waals surface area contributed by atoms with E-state index in [1.54, 1.807) is 0 Å². The van der Waals surface area contributed by atoms with E-state index in [0.717, 1.165) is 32.7 Å². The number of hydrogen-bond donors (Lipinski definition) is 2. The summed E-state index contributed by atoms with van der Waals surface area (Å²) in [4.78, 5) is 14.3. The van der Waals surface area contributed by atoms with E-state index in [1.807, 2.05) is 0 Å². The lowest BCUT2D eigenvalue weighted by Crippen LogP contribution is -2.45. The second kappa shape index (κ2) is 8.27. The maximum atomic E-state index is 12.1. The van der Waals surface area contributed by atoms with E-state index < -0.39 is 6.10 Å². The smallest absolute Gasteiger partial charge is 0.220 e. The summed E-state index contributed by atoms with van der Waals surface area (Å²) in [6.45, 7) is 8.70. The van der Waals surface area contributed by atoms with Crippen LogP contribution in [0.4, 0.5) is 0 Å². The van der Waals surface area contributed by atoms with Crippen molar-refractivity contribution in [3.63, 3.8) is 0 Å². The van der Waals surface area contributed by atoms with E-state index in [9.17, 15) is 9.90 Å². The average molecular weight is 312 g/mol. The Morgan fingerprint density at radius 2 is 2.09 bits per heavy atom. The Kier molecular flexibility index (Phi) is 6.66. The monoisotopic (exact) mass is 312 g/mol. The van der Waals surface area contributed by atoms with E-state index >= 15 is 0 Å². The SMILES string of the molecule is CC1(C)CCCCC1CC(=O)NCC(O)CN1CCOCC1. The molecule has 128 valence electrons. The molecule has 2 fully saturated rings. The summed E-state index contributed by atoms with van der Waals surface area (Å²) in [7, 11) is 0. The van der Waals surface area contributed by atoms with Gasteiger partial charge in [-0.1, -0.05) is 26.7 Å². The van der Waals surface area contributed by atoms with Crippen molar-refractivity contribution in [2.75, 3.05) is 39.4 Å². The van der Waals surface area contributed by atoms with Crippen LogP contribution in [0.1, 0.15) is 46.0 Å². The maximum absolute atomic E-state index is 12.1. The number of rotatable bonds is 6. The summed E-state index contributed by atoms with van der Waals surface area (Å²) in [6.07, 6.45) is 4.98. The Labute approximate surface area is 134 Å². The number of carbonyl (C=O) groups excluding carboxylic acids is 1. The van der Waals surface area contributed by atoms with Crippen LogP contribution >= 0.6 is 0 Å². The molecule has 0 spiro atoms. The normalized spacial score (nSPS) is 27.3. The minimum Gasteiger partial charge on any atom is -0.390 e. The molecule has 2 N–H and O–H groups in total. The molecule has 1 amide bonds. The van der Waals surface area contributed by atoms with Crippen molar-refractivity contribution in [1.82, 2.24) is 10.2 Å². The zero-order chi connectivity index (χ0) is 16.0. The van der Waals surface area contributed by atoms with E-state index in [0.29, 0.717) is 25.4 Å². The molecule has 0 bridgehead atoms. The third-order valence-corrected chi connectivity index (χ3v) is 5.27. The van der Waals surface area contributed by atoms with Crippen molar-refractivity contribution >= 4 is 5.91 Å². The first-order chi connectivity index (χ1) is 10.5.